The van der Waals surface area contributed by atoms with Gasteiger partial charge in [-0.1, -0.05) is 6.07 Å². The zero-order chi connectivity index (χ0) is 15.2. The summed E-state index contributed by atoms with van der Waals surface area (Å²) < 4.78 is 18.4. The molecule has 2 aromatic rings. The lowest BCUT2D eigenvalue weighted by Gasteiger charge is -2.09. The van der Waals surface area contributed by atoms with Crippen LogP contribution in [0.1, 0.15) is 23.7 Å². The Bertz CT molecular complexity index is 616. The number of aromatic nitrogens is 2. The molecular formula is C16H20FN3O. The van der Waals surface area contributed by atoms with E-state index in [1.165, 1.54) is 6.07 Å². The van der Waals surface area contributed by atoms with Crippen molar-refractivity contribution in [1.29, 1.82) is 0 Å². The fourth-order valence-corrected chi connectivity index (χ4v) is 2.09. The average molecular weight is 289 g/mol. The van der Waals surface area contributed by atoms with E-state index in [9.17, 15) is 4.39 Å². The third-order valence-corrected chi connectivity index (χ3v) is 3.11. The zero-order valence-corrected chi connectivity index (χ0v) is 12.6. The number of nitrogens with one attached hydrogen (secondary N) is 1. The molecule has 0 aliphatic carbocycles. The van der Waals surface area contributed by atoms with E-state index in [4.69, 9.17) is 4.74 Å². The monoisotopic (exact) mass is 289 g/mol. The number of nitrogens with zero attached hydrogens (tertiary/aromatic N) is 2. The maximum absolute atomic E-state index is 13.0. The van der Waals surface area contributed by atoms with Gasteiger partial charge in [0.1, 0.15) is 5.82 Å². The van der Waals surface area contributed by atoms with Crippen LogP contribution in [0.25, 0.3) is 0 Å². The SMILES string of the molecule is CCOc1cc(C)nc(NCCc2ccc(F)cc2C)n1. The van der Waals surface area contributed by atoms with E-state index in [-0.39, 0.29) is 5.82 Å². The first kappa shape index (κ1) is 15.2. The van der Waals surface area contributed by atoms with Crippen LogP contribution >= 0.6 is 0 Å². The average Bonchev–Trinajstić information content (AvgIpc) is 2.41. The zero-order valence-electron chi connectivity index (χ0n) is 12.6. The molecule has 0 aliphatic heterocycles. The summed E-state index contributed by atoms with van der Waals surface area (Å²) in [4.78, 5) is 8.61. The van der Waals surface area contributed by atoms with E-state index in [0.717, 1.165) is 23.2 Å². The number of hydrogen-bond donors (Lipinski definition) is 1. The summed E-state index contributed by atoms with van der Waals surface area (Å²) in [6.45, 7) is 6.99. The van der Waals surface area contributed by atoms with Gasteiger partial charge in [-0.25, -0.2) is 9.37 Å². The molecule has 2 rings (SSSR count). The predicted molar refractivity (Wildman–Crippen MR) is 81.3 cm³/mol. The van der Waals surface area contributed by atoms with E-state index in [1.807, 2.05) is 26.8 Å². The number of ether oxygens (including phenoxy) is 1. The molecule has 0 bridgehead atoms. The summed E-state index contributed by atoms with van der Waals surface area (Å²) in [5.74, 6) is 0.927. The second kappa shape index (κ2) is 7.02. The molecule has 0 saturated heterocycles. The van der Waals surface area contributed by atoms with Crippen LogP contribution in [0.3, 0.4) is 0 Å². The largest absolute Gasteiger partial charge is 0.478 e. The third-order valence-electron chi connectivity index (χ3n) is 3.11. The molecule has 21 heavy (non-hydrogen) atoms. The molecule has 1 aromatic carbocycles. The number of hydrogen-bond acceptors (Lipinski definition) is 4. The maximum Gasteiger partial charge on any atom is 0.226 e. The quantitative estimate of drug-likeness (QED) is 0.886. The molecule has 1 aromatic heterocycles. The van der Waals surface area contributed by atoms with Gasteiger partial charge in [0.2, 0.25) is 11.8 Å². The second-order valence-corrected chi connectivity index (χ2v) is 4.85. The molecule has 5 heteroatoms. The van der Waals surface area contributed by atoms with Crippen molar-refractivity contribution in [3.63, 3.8) is 0 Å². The van der Waals surface area contributed by atoms with Crippen LogP contribution < -0.4 is 10.1 Å². The summed E-state index contributed by atoms with van der Waals surface area (Å²) in [5.41, 5.74) is 2.92. The van der Waals surface area contributed by atoms with E-state index in [1.54, 1.807) is 12.1 Å². The van der Waals surface area contributed by atoms with Crippen molar-refractivity contribution in [2.24, 2.45) is 0 Å². The lowest BCUT2D eigenvalue weighted by atomic mass is 10.1. The fraction of sp³-hybridized carbons (Fsp3) is 0.375. The molecule has 0 saturated carbocycles. The van der Waals surface area contributed by atoms with Gasteiger partial charge in [-0.05, 0) is 50.5 Å². The summed E-state index contributed by atoms with van der Waals surface area (Å²) in [6, 6.07) is 6.65. The highest BCUT2D eigenvalue weighted by molar-refractivity contribution is 5.32. The molecule has 4 nitrogen and oxygen atoms in total. The number of aryl methyl sites for hydroxylation is 2. The first-order valence-corrected chi connectivity index (χ1v) is 7.06. The molecule has 0 spiro atoms. The maximum atomic E-state index is 13.0. The van der Waals surface area contributed by atoms with E-state index in [2.05, 4.69) is 15.3 Å². The summed E-state index contributed by atoms with van der Waals surface area (Å²) >= 11 is 0. The number of halogens is 1. The Hall–Kier alpha value is -2.17. The molecule has 1 heterocycles. The molecule has 0 aliphatic rings. The minimum Gasteiger partial charge on any atom is -0.478 e. The molecule has 0 amide bonds. The molecule has 0 atom stereocenters. The van der Waals surface area contributed by atoms with Crippen LogP contribution in [-0.4, -0.2) is 23.1 Å². The lowest BCUT2D eigenvalue weighted by molar-refractivity contribution is 0.326. The standard InChI is InChI=1S/C16H20FN3O/c1-4-21-15-10-12(3)19-16(20-15)18-8-7-13-5-6-14(17)9-11(13)2/h5-6,9-10H,4,7-8H2,1-3H3,(H,18,19,20). The van der Waals surface area contributed by atoms with Crippen molar-refractivity contribution >= 4 is 5.95 Å². The summed E-state index contributed by atoms with van der Waals surface area (Å²) in [5, 5.41) is 3.18. The van der Waals surface area contributed by atoms with Crippen LogP contribution in [0.15, 0.2) is 24.3 Å². The molecule has 1 N–H and O–H groups in total. The normalized spacial score (nSPS) is 10.5. The van der Waals surface area contributed by atoms with Gasteiger partial charge in [0.25, 0.3) is 0 Å². The number of anilines is 1. The van der Waals surface area contributed by atoms with Gasteiger partial charge in [-0.15, -0.1) is 0 Å². The fourth-order valence-electron chi connectivity index (χ4n) is 2.09. The van der Waals surface area contributed by atoms with Crippen molar-refractivity contribution in [1.82, 2.24) is 9.97 Å². The van der Waals surface area contributed by atoms with Gasteiger partial charge in [0, 0.05) is 18.3 Å². The Morgan fingerprint density at radius 2 is 2.00 bits per heavy atom. The molecule has 0 radical (unpaired) electrons. The highest BCUT2D eigenvalue weighted by Gasteiger charge is 2.04. The number of benzene rings is 1. The topological polar surface area (TPSA) is 47.0 Å². The molecule has 112 valence electrons. The third kappa shape index (κ3) is 4.41. The van der Waals surface area contributed by atoms with Crippen molar-refractivity contribution < 1.29 is 9.13 Å². The van der Waals surface area contributed by atoms with E-state index in [0.29, 0.717) is 25.0 Å². The van der Waals surface area contributed by atoms with Gasteiger partial charge in [-0.2, -0.15) is 4.98 Å². The van der Waals surface area contributed by atoms with E-state index < -0.39 is 0 Å². The minimum atomic E-state index is -0.201. The van der Waals surface area contributed by atoms with Crippen molar-refractivity contribution in [3.8, 4) is 5.88 Å². The molecular weight excluding hydrogens is 269 g/mol. The van der Waals surface area contributed by atoms with Crippen LogP contribution in [0.5, 0.6) is 5.88 Å². The van der Waals surface area contributed by atoms with Crippen molar-refractivity contribution in [3.05, 3.63) is 46.9 Å². The molecule has 0 unspecified atom stereocenters. The Morgan fingerprint density at radius 3 is 2.71 bits per heavy atom. The number of rotatable bonds is 6. The minimum absolute atomic E-state index is 0.201. The summed E-state index contributed by atoms with van der Waals surface area (Å²) in [6.07, 6.45) is 0.785. The highest BCUT2D eigenvalue weighted by atomic mass is 19.1. The van der Waals surface area contributed by atoms with Gasteiger partial charge >= 0.3 is 0 Å². The van der Waals surface area contributed by atoms with Crippen LogP contribution in [0, 0.1) is 19.7 Å². The Kier molecular flexibility index (Phi) is 5.09. The second-order valence-electron chi connectivity index (χ2n) is 4.85. The first-order chi connectivity index (χ1) is 10.1. The van der Waals surface area contributed by atoms with Gasteiger partial charge in [-0.3, -0.25) is 0 Å². The summed E-state index contributed by atoms with van der Waals surface area (Å²) in [7, 11) is 0. The van der Waals surface area contributed by atoms with Gasteiger partial charge in [0.05, 0.1) is 6.61 Å². The Balaban J connectivity index is 1.96. The van der Waals surface area contributed by atoms with Crippen molar-refractivity contribution in [2.75, 3.05) is 18.5 Å². The smallest absolute Gasteiger partial charge is 0.226 e. The Morgan fingerprint density at radius 1 is 1.19 bits per heavy atom. The van der Waals surface area contributed by atoms with Crippen LogP contribution in [0.4, 0.5) is 10.3 Å². The van der Waals surface area contributed by atoms with Gasteiger partial charge in [0.15, 0.2) is 0 Å². The van der Waals surface area contributed by atoms with Gasteiger partial charge < -0.3 is 10.1 Å². The van der Waals surface area contributed by atoms with Crippen LogP contribution in [-0.2, 0) is 6.42 Å². The van der Waals surface area contributed by atoms with E-state index >= 15 is 0 Å². The first-order valence-electron chi connectivity index (χ1n) is 7.06. The predicted octanol–water partition coefficient (Wildman–Crippen LogP) is 3.29. The Labute approximate surface area is 124 Å². The molecule has 0 fully saturated rings. The highest BCUT2D eigenvalue weighted by Crippen LogP contribution is 2.13. The van der Waals surface area contributed by atoms with Crippen molar-refractivity contribution in [2.45, 2.75) is 27.2 Å². The lowest BCUT2D eigenvalue weighted by Crippen LogP contribution is -2.10. The van der Waals surface area contributed by atoms with Crippen LogP contribution in [0.2, 0.25) is 0 Å².